The molecule has 0 spiro atoms. The molecule has 0 amide bonds. The van der Waals surface area contributed by atoms with Gasteiger partial charge in [0.05, 0.1) is 0 Å². The van der Waals surface area contributed by atoms with Gasteiger partial charge in [-0.15, -0.1) is 0 Å². The van der Waals surface area contributed by atoms with Crippen molar-refractivity contribution in [2.24, 2.45) is 11.8 Å². The summed E-state index contributed by atoms with van der Waals surface area (Å²) in [6, 6.07) is 0. The SMILES string of the molecule is CNCCCNC[C@H]1CC[C@H]1CNCCCNC.[HH].[HH].[HH].[HH]. The summed E-state index contributed by atoms with van der Waals surface area (Å²) in [4.78, 5) is 0. The average molecular weight is 265 g/mol. The molecule has 0 aliphatic heterocycles. The summed E-state index contributed by atoms with van der Waals surface area (Å²) in [7, 11) is 4.03. The summed E-state index contributed by atoms with van der Waals surface area (Å²) >= 11 is 0. The Labute approximate surface area is 119 Å². The molecule has 116 valence electrons. The van der Waals surface area contributed by atoms with E-state index < -0.39 is 0 Å². The smallest absolute Gasteiger partial charge is 0 e. The minimum absolute atomic E-state index is 0. The van der Waals surface area contributed by atoms with Crippen LogP contribution in [0.5, 0.6) is 0 Å². The maximum Gasteiger partial charge on any atom is 0 e. The van der Waals surface area contributed by atoms with Crippen LogP contribution in [0.3, 0.4) is 0 Å². The molecule has 1 fully saturated rings. The lowest BCUT2D eigenvalue weighted by molar-refractivity contribution is 0.167. The zero-order valence-corrected chi connectivity index (χ0v) is 12.2. The van der Waals surface area contributed by atoms with Gasteiger partial charge in [0.2, 0.25) is 0 Å². The standard InChI is InChI=1S/C14H32N4.4H2/c1-15-7-3-9-17-11-13-5-6-14(13)12-18-10-4-8-16-2;;;;/h13-18H,3-12H2,1-2H3;4*1H/t13-,14+;;;;. The molecule has 0 unspecified atom stereocenters. The summed E-state index contributed by atoms with van der Waals surface area (Å²) < 4.78 is 0. The highest BCUT2D eigenvalue weighted by atomic mass is 14.9. The fourth-order valence-electron chi connectivity index (χ4n) is 2.53. The summed E-state index contributed by atoms with van der Waals surface area (Å²) in [5, 5.41) is 13.5. The predicted molar refractivity (Wildman–Crippen MR) is 87.5 cm³/mol. The molecular formula is C14H40N4. The first-order valence-corrected chi connectivity index (χ1v) is 7.59. The van der Waals surface area contributed by atoms with Crippen molar-refractivity contribution in [2.45, 2.75) is 25.7 Å². The normalized spacial score (nSPS) is 23.0. The average Bonchev–Trinajstić information content (AvgIpc) is 2.36. The molecule has 0 saturated heterocycles. The Morgan fingerprint density at radius 1 is 0.778 bits per heavy atom. The minimum Gasteiger partial charge on any atom is -0.320 e. The number of hydrogen-bond acceptors (Lipinski definition) is 4. The third-order valence-corrected chi connectivity index (χ3v) is 3.95. The molecule has 4 N–H and O–H groups in total. The molecule has 1 saturated carbocycles. The molecule has 18 heavy (non-hydrogen) atoms. The Hall–Kier alpha value is -0.160. The zero-order chi connectivity index (χ0) is 13.1. The van der Waals surface area contributed by atoms with Crippen LogP contribution in [0.4, 0.5) is 0 Å². The Kier molecular flexibility index (Phi) is 9.48. The van der Waals surface area contributed by atoms with E-state index in [1.54, 1.807) is 0 Å². The first-order valence-electron chi connectivity index (χ1n) is 7.59. The van der Waals surface area contributed by atoms with Gasteiger partial charge in [-0.05, 0) is 90.9 Å². The highest BCUT2D eigenvalue weighted by Gasteiger charge is 2.29. The number of nitrogens with one attached hydrogen (secondary N) is 4. The summed E-state index contributed by atoms with van der Waals surface area (Å²) in [5.41, 5.74) is 0. The Morgan fingerprint density at radius 3 is 1.56 bits per heavy atom. The van der Waals surface area contributed by atoms with E-state index >= 15 is 0 Å². The van der Waals surface area contributed by atoms with E-state index in [1.807, 2.05) is 14.1 Å². The van der Waals surface area contributed by atoms with Crippen LogP contribution in [0, 0.1) is 11.8 Å². The van der Waals surface area contributed by atoms with Crippen molar-refractivity contribution < 1.29 is 5.71 Å². The van der Waals surface area contributed by atoms with Crippen LogP contribution >= 0.6 is 0 Å². The van der Waals surface area contributed by atoms with Crippen LogP contribution in [0.25, 0.3) is 0 Å². The van der Waals surface area contributed by atoms with Crippen molar-refractivity contribution in [2.75, 3.05) is 53.4 Å². The maximum atomic E-state index is 3.59. The second kappa shape index (κ2) is 10.7. The molecule has 0 radical (unpaired) electrons. The predicted octanol–water partition coefficient (Wildman–Crippen LogP) is 1.39. The number of rotatable bonds is 12. The van der Waals surface area contributed by atoms with Crippen molar-refractivity contribution in [3.63, 3.8) is 0 Å². The molecule has 1 aliphatic carbocycles. The van der Waals surface area contributed by atoms with Crippen molar-refractivity contribution in [1.29, 1.82) is 0 Å². The lowest BCUT2D eigenvalue weighted by Gasteiger charge is -2.37. The molecular weight excluding hydrogens is 224 g/mol. The van der Waals surface area contributed by atoms with Gasteiger partial charge in [0.1, 0.15) is 0 Å². The molecule has 0 bridgehead atoms. The second-order valence-electron chi connectivity index (χ2n) is 5.42. The third kappa shape index (κ3) is 6.69. The molecule has 4 nitrogen and oxygen atoms in total. The largest absolute Gasteiger partial charge is 0.320 e. The van der Waals surface area contributed by atoms with Crippen molar-refractivity contribution in [3.05, 3.63) is 0 Å². The van der Waals surface area contributed by atoms with E-state index in [9.17, 15) is 0 Å². The Morgan fingerprint density at radius 2 is 1.22 bits per heavy atom. The van der Waals surface area contributed by atoms with Gasteiger partial charge < -0.3 is 21.3 Å². The molecule has 1 rings (SSSR count). The summed E-state index contributed by atoms with van der Waals surface area (Å²) in [6.45, 7) is 6.97. The molecule has 4 heteroatoms. The van der Waals surface area contributed by atoms with Gasteiger partial charge in [0.15, 0.2) is 0 Å². The van der Waals surface area contributed by atoms with Crippen LogP contribution in [0.15, 0.2) is 0 Å². The highest BCUT2D eigenvalue weighted by Crippen LogP contribution is 2.32. The lowest BCUT2D eigenvalue weighted by atomic mass is 9.73. The van der Waals surface area contributed by atoms with Crippen molar-refractivity contribution in [1.82, 2.24) is 21.3 Å². The van der Waals surface area contributed by atoms with Gasteiger partial charge in [0, 0.05) is 5.71 Å². The molecule has 0 aromatic rings. The van der Waals surface area contributed by atoms with E-state index in [0.29, 0.717) is 0 Å². The first kappa shape index (κ1) is 15.9. The van der Waals surface area contributed by atoms with Gasteiger partial charge in [-0.25, -0.2) is 0 Å². The van der Waals surface area contributed by atoms with Crippen molar-refractivity contribution >= 4 is 0 Å². The second-order valence-corrected chi connectivity index (χ2v) is 5.42. The van der Waals surface area contributed by atoms with E-state index in [-0.39, 0.29) is 5.71 Å². The quantitative estimate of drug-likeness (QED) is 0.403. The fraction of sp³-hybridized carbons (Fsp3) is 1.00. The van der Waals surface area contributed by atoms with Crippen LogP contribution in [-0.2, 0) is 0 Å². The molecule has 1 aliphatic rings. The van der Waals surface area contributed by atoms with Crippen LogP contribution in [0.1, 0.15) is 31.4 Å². The molecule has 2 atom stereocenters. The van der Waals surface area contributed by atoms with Crippen molar-refractivity contribution in [3.8, 4) is 0 Å². The zero-order valence-electron chi connectivity index (χ0n) is 12.2. The maximum absolute atomic E-state index is 3.59. The van der Waals surface area contributed by atoms with E-state index in [1.165, 1.54) is 38.8 Å². The van der Waals surface area contributed by atoms with Gasteiger partial charge in [0.25, 0.3) is 0 Å². The van der Waals surface area contributed by atoms with Crippen LogP contribution in [0.2, 0.25) is 0 Å². The van der Waals surface area contributed by atoms with E-state index in [2.05, 4.69) is 21.3 Å². The monoisotopic (exact) mass is 264 g/mol. The lowest BCUT2D eigenvalue weighted by Crippen LogP contribution is -2.41. The van der Waals surface area contributed by atoms with E-state index in [0.717, 1.165) is 38.0 Å². The molecule has 0 heterocycles. The van der Waals surface area contributed by atoms with E-state index in [4.69, 9.17) is 0 Å². The third-order valence-electron chi connectivity index (χ3n) is 3.95. The van der Waals surface area contributed by atoms with Crippen LogP contribution in [-0.4, -0.2) is 53.4 Å². The topological polar surface area (TPSA) is 48.1 Å². The van der Waals surface area contributed by atoms with Crippen LogP contribution < -0.4 is 21.3 Å². The highest BCUT2D eigenvalue weighted by molar-refractivity contribution is 4.83. The Balaban J connectivity index is -0.000000405. The summed E-state index contributed by atoms with van der Waals surface area (Å²) in [6.07, 6.45) is 5.30. The van der Waals surface area contributed by atoms with Gasteiger partial charge in [-0.2, -0.15) is 0 Å². The summed E-state index contributed by atoms with van der Waals surface area (Å²) in [5.74, 6) is 1.83. The first-order chi connectivity index (χ1) is 8.88. The van der Waals surface area contributed by atoms with Gasteiger partial charge >= 0.3 is 0 Å². The minimum atomic E-state index is 0. The molecule has 0 aromatic heterocycles. The Bertz CT molecular complexity index is 182. The molecule has 0 aromatic carbocycles. The fourth-order valence-corrected chi connectivity index (χ4v) is 2.53. The van der Waals surface area contributed by atoms with Gasteiger partial charge in [-0.1, -0.05) is 0 Å². The van der Waals surface area contributed by atoms with Gasteiger partial charge in [-0.3, -0.25) is 0 Å². The number of hydrogen-bond donors (Lipinski definition) is 4.